The third-order valence-corrected chi connectivity index (χ3v) is 11.4. The maximum atomic E-state index is 13.6. The monoisotopic (exact) mass is 741 g/mol. The zero-order valence-corrected chi connectivity index (χ0v) is 29.5. The lowest BCUT2D eigenvalue weighted by Gasteiger charge is -2.33. The highest BCUT2D eigenvalue weighted by atomic mass is 35.5. The number of alkyl halides is 2. The molecule has 17 heteroatoms. The molecule has 51 heavy (non-hydrogen) atoms. The summed E-state index contributed by atoms with van der Waals surface area (Å²) in [6, 6.07) is 13.8. The van der Waals surface area contributed by atoms with Crippen molar-refractivity contribution in [2.45, 2.75) is 62.1 Å². The van der Waals surface area contributed by atoms with Crippen molar-refractivity contribution in [3.63, 3.8) is 0 Å². The van der Waals surface area contributed by atoms with Crippen LogP contribution in [-0.2, 0) is 29.4 Å². The van der Waals surface area contributed by atoms with E-state index >= 15 is 0 Å². The number of carbonyl (C=O) groups excluding carboxylic acids is 2. The first-order chi connectivity index (χ1) is 24.6. The molecule has 0 saturated carbocycles. The maximum Gasteiger partial charge on any atom is 0.388 e. The van der Waals surface area contributed by atoms with Crippen LogP contribution in [0.1, 0.15) is 49.1 Å². The number of urea groups is 1. The van der Waals surface area contributed by atoms with Crippen LogP contribution in [0.3, 0.4) is 0 Å². The van der Waals surface area contributed by atoms with Crippen molar-refractivity contribution in [3.05, 3.63) is 64.8 Å². The van der Waals surface area contributed by atoms with Crippen LogP contribution in [-0.4, -0.2) is 90.5 Å². The molecule has 7 rings (SSSR count). The maximum absolute atomic E-state index is 13.6. The molecule has 0 radical (unpaired) electrons. The van der Waals surface area contributed by atoms with Crippen LogP contribution in [0.25, 0.3) is 10.9 Å². The number of benzene rings is 2. The van der Waals surface area contributed by atoms with E-state index in [0.29, 0.717) is 44.2 Å². The third kappa shape index (κ3) is 7.98. The second-order valence-corrected chi connectivity index (χ2v) is 14.9. The molecule has 2 N–H and O–H groups in total. The Bertz CT molecular complexity index is 1950. The summed E-state index contributed by atoms with van der Waals surface area (Å²) in [5, 5.41) is 10.9. The Morgan fingerprint density at radius 3 is 2.59 bits per heavy atom. The zero-order chi connectivity index (χ0) is 35.6. The number of nitrogens with zero attached hydrogens (tertiary/aromatic N) is 7. The number of nitrogens with one attached hydrogen (secondary N) is 2. The fourth-order valence-corrected chi connectivity index (χ4v) is 8.42. The lowest BCUT2D eigenvalue weighted by molar-refractivity contribution is -0.120. The van der Waals surface area contributed by atoms with Crippen molar-refractivity contribution < 1.29 is 27.3 Å². The van der Waals surface area contributed by atoms with Crippen LogP contribution in [0.5, 0.6) is 5.88 Å². The van der Waals surface area contributed by atoms with Crippen LogP contribution in [0.4, 0.5) is 25.3 Å². The highest BCUT2D eigenvalue weighted by Crippen LogP contribution is 2.34. The van der Waals surface area contributed by atoms with Gasteiger partial charge in [-0.15, -0.1) is 0 Å². The molecular weight excluding hydrogens is 704 g/mol. The number of fused-ring (bicyclic) bond motifs is 1. The van der Waals surface area contributed by atoms with Gasteiger partial charge >= 0.3 is 12.6 Å². The van der Waals surface area contributed by atoms with E-state index in [1.54, 1.807) is 4.68 Å². The van der Waals surface area contributed by atoms with Gasteiger partial charge in [0, 0.05) is 51.1 Å². The summed E-state index contributed by atoms with van der Waals surface area (Å²) >= 11 is 5.86. The number of imide groups is 1. The number of halogens is 3. The van der Waals surface area contributed by atoms with Gasteiger partial charge < -0.3 is 10.1 Å². The molecule has 3 fully saturated rings. The van der Waals surface area contributed by atoms with Gasteiger partial charge in [-0.1, -0.05) is 29.8 Å². The molecule has 4 aromatic rings. The first-order valence-corrected chi connectivity index (χ1v) is 18.4. The van der Waals surface area contributed by atoms with E-state index in [4.69, 9.17) is 11.6 Å². The van der Waals surface area contributed by atoms with Crippen molar-refractivity contribution in [3.8, 4) is 5.88 Å². The molecule has 270 valence electrons. The van der Waals surface area contributed by atoms with E-state index in [0.717, 1.165) is 53.8 Å². The predicted molar refractivity (Wildman–Crippen MR) is 188 cm³/mol. The minimum Gasteiger partial charge on any atom is -0.415 e. The highest BCUT2D eigenvalue weighted by Gasteiger charge is 2.29. The number of anilines is 2. The first kappa shape index (κ1) is 35.2. The third-order valence-electron chi connectivity index (χ3n) is 9.67. The molecular formula is C34H38ClF2N9O4S. The van der Waals surface area contributed by atoms with Gasteiger partial charge in [-0.3, -0.25) is 24.6 Å². The summed E-state index contributed by atoms with van der Waals surface area (Å²) in [6.07, 6.45) is 4.82. The molecule has 3 aliphatic rings. The van der Waals surface area contributed by atoms with Gasteiger partial charge in [-0.25, -0.2) is 18.3 Å². The van der Waals surface area contributed by atoms with E-state index in [1.165, 1.54) is 16.7 Å². The smallest absolute Gasteiger partial charge is 0.388 e. The normalized spacial score (nSPS) is 19.1. The van der Waals surface area contributed by atoms with E-state index in [1.807, 2.05) is 35.6 Å². The molecule has 0 spiro atoms. The molecule has 2 aromatic heterocycles. The molecule has 3 aliphatic heterocycles. The average Bonchev–Trinajstić information content (AvgIpc) is 3.45. The quantitative estimate of drug-likeness (QED) is 0.229. The number of aromatic nitrogens is 4. The second kappa shape index (κ2) is 15.2. The lowest BCUT2D eigenvalue weighted by atomic mass is 9.89. The topological polar surface area (TPSA) is 138 Å². The molecule has 0 bridgehead atoms. The Balaban J connectivity index is 0.911. The first-order valence-electron chi connectivity index (χ1n) is 16.9. The molecule has 1 atom stereocenters. The minimum atomic E-state index is -3.04. The summed E-state index contributed by atoms with van der Waals surface area (Å²) in [7, 11) is 0.551. The van der Waals surface area contributed by atoms with Crippen LogP contribution >= 0.6 is 11.6 Å². The molecule has 0 aliphatic carbocycles. The van der Waals surface area contributed by atoms with E-state index in [9.17, 15) is 22.6 Å². The number of ether oxygens (including phenoxy) is 1. The Kier molecular flexibility index (Phi) is 10.5. The van der Waals surface area contributed by atoms with Crippen LogP contribution < -0.4 is 20.3 Å². The summed E-state index contributed by atoms with van der Waals surface area (Å²) in [4.78, 5) is 36.8. The SMILES string of the molecule is Cn1nc(N2CCC(=O)NC2=O)c2ccc(C3CCN(Cc4cccc(S(=O)N5CCC(Nc6ncc(Cl)c(OC(F)F)n6)CC5)c4)CC3)cc21. The zero-order valence-electron chi connectivity index (χ0n) is 27.9. The molecule has 2 aromatic carbocycles. The fourth-order valence-electron chi connectivity index (χ4n) is 7.00. The van der Waals surface area contributed by atoms with Crippen molar-refractivity contribution in [2.24, 2.45) is 7.05 Å². The number of piperidine rings is 2. The van der Waals surface area contributed by atoms with Gasteiger partial charge in [-0.2, -0.15) is 18.9 Å². The number of hydrogen-bond donors (Lipinski definition) is 2. The number of aryl methyl sites for hydroxylation is 1. The summed E-state index contributed by atoms with van der Waals surface area (Å²) in [5.74, 6) is 0.465. The summed E-state index contributed by atoms with van der Waals surface area (Å²) in [5.41, 5.74) is 3.31. The minimum absolute atomic E-state index is 0.0209. The van der Waals surface area contributed by atoms with Crippen LogP contribution in [0.2, 0.25) is 5.02 Å². The number of amides is 3. The van der Waals surface area contributed by atoms with Crippen LogP contribution in [0.15, 0.2) is 53.6 Å². The summed E-state index contributed by atoms with van der Waals surface area (Å²) in [6.45, 7) is 1.06. The van der Waals surface area contributed by atoms with Gasteiger partial charge in [0.2, 0.25) is 17.7 Å². The number of carbonyl (C=O) groups is 2. The Hall–Kier alpha value is -4.25. The van der Waals surface area contributed by atoms with Gasteiger partial charge in [0.1, 0.15) is 16.0 Å². The Morgan fingerprint density at radius 1 is 1.06 bits per heavy atom. The van der Waals surface area contributed by atoms with E-state index in [-0.39, 0.29) is 35.2 Å². The molecule has 3 saturated heterocycles. The molecule has 5 heterocycles. The number of rotatable bonds is 10. The van der Waals surface area contributed by atoms with Gasteiger partial charge in [-0.05, 0) is 80.1 Å². The average molecular weight is 742 g/mol. The standard InChI is InChI=1S/C34H38ClF2N9O4S/c1-43-28-18-23(5-6-26(28)30(42-43)46-16-11-29(47)40-34(46)48)22-7-12-44(13-8-22)20-21-3-2-4-25(17-21)51(49)45-14-9-24(10-15-45)39-33-38-19-27(35)31(41-33)50-32(36)37/h2-6,17-19,22,24,32H,7-16,20H2,1H3,(H,38,39,41)(H,40,47,48). The van der Waals surface area contributed by atoms with Gasteiger partial charge in [0.15, 0.2) is 5.82 Å². The van der Waals surface area contributed by atoms with Gasteiger partial charge in [0.25, 0.3) is 0 Å². The number of likely N-dealkylation sites (tertiary alicyclic amines) is 1. The van der Waals surface area contributed by atoms with Gasteiger partial charge in [0.05, 0.1) is 16.6 Å². The van der Waals surface area contributed by atoms with Crippen molar-refractivity contribution in [1.82, 2.24) is 34.3 Å². The summed E-state index contributed by atoms with van der Waals surface area (Å²) < 4.78 is 47.0. The Labute approximate surface area is 300 Å². The van der Waals surface area contributed by atoms with Crippen molar-refractivity contribution >= 4 is 57.2 Å². The lowest BCUT2D eigenvalue weighted by Crippen LogP contribution is -2.49. The van der Waals surface area contributed by atoms with E-state index < -0.39 is 23.6 Å². The number of hydrogen-bond acceptors (Lipinski definition) is 9. The van der Waals surface area contributed by atoms with Crippen molar-refractivity contribution in [2.75, 3.05) is 42.9 Å². The molecule has 1 unspecified atom stereocenters. The molecule has 3 amide bonds. The van der Waals surface area contributed by atoms with Crippen LogP contribution in [0, 0.1) is 0 Å². The Morgan fingerprint density at radius 2 is 1.84 bits per heavy atom. The molecule has 13 nitrogen and oxygen atoms in total. The van der Waals surface area contributed by atoms with Crippen molar-refractivity contribution in [1.29, 1.82) is 0 Å². The largest absolute Gasteiger partial charge is 0.415 e. The highest BCUT2D eigenvalue weighted by molar-refractivity contribution is 7.82. The second-order valence-electron chi connectivity index (χ2n) is 13.0. The predicted octanol–water partition coefficient (Wildman–Crippen LogP) is 5.04. The van der Waals surface area contributed by atoms with E-state index in [2.05, 4.69) is 53.5 Å². The fraction of sp³-hybridized carbons (Fsp3) is 0.441.